The van der Waals surface area contributed by atoms with Crippen LogP contribution in [-0.4, -0.2) is 32.7 Å². The van der Waals surface area contributed by atoms with Gasteiger partial charge in [0.2, 0.25) is 5.91 Å². The molecule has 0 spiro atoms. The quantitative estimate of drug-likeness (QED) is 0.635. The molecule has 1 amide bonds. The molecule has 0 saturated carbocycles. The minimum atomic E-state index is -0.703. The molecule has 3 rings (SSSR count). The Balaban J connectivity index is 1.63. The maximum Gasteiger partial charge on any atom is 0.326 e. The van der Waals surface area contributed by atoms with Crippen LogP contribution in [0, 0.1) is 0 Å². The molecule has 2 atom stereocenters. The number of amides is 1. The fourth-order valence-electron chi connectivity index (χ4n) is 2.84. The predicted octanol–water partition coefficient (Wildman–Crippen LogP) is 1.44. The van der Waals surface area contributed by atoms with Crippen molar-refractivity contribution in [3.63, 3.8) is 0 Å². The van der Waals surface area contributed by atoms with Crippen LogP contribution >= 0.6 is 0 Å². The number of rotatable bonds is 6. The van der Waals surface area contributed by atoms with Gasteiger partial charge in [-0.25, -0.2) is 4.79 Å². The molecule has 6 nitrogen and oxygen atoms in total. The normalized spacial score (nSPS) is 13.5. The molecule has 0 aliphatic rings. The smallest absolute Gasteiger partial charge is 0.326 e. The molecule has 1 aromatic heterocycles. The third kappa shape index (κ3) is 3.97. The monoisotopic (exact) mass is 339 g/mol. The Hall–Kier alpha value is -2.86. The van der Waals surface area contributed by atoms with Crippen LogP contribution in [0.2, 0.25) is 0 Å². The minimum Gasteiger partial charge on any atom is -0.391 e. The van der Waals surface area contributed by atoms with Crippen molar-refractivity contribution in [2.75, 3.05) is 0 Å². The van der Waals surface area contributed by atoms with Crippen molar-refractivity contribution in [1.29, 1.82) is 0 Å². The molecule has 0 aliphatic heterocycles. The van der Waals surface area contributed by atoms with Crippen molar-refractivity contribution in [3.05, 3.63) is 70.6 Å². The third-order valence-electron chi connectivity index (χ3n) is 4.24. The zero-order valence-corrected chi connectivity index (χ0v) is 14.0. The minimum absolute atomic E-state index is 0.0920. The molecule has 0 bridgehead atoms. The first-order valence-corrected chi connectivity index (χ1v) is 8.23. The molecule has 130 valence electrons. The van der Waals surface area contributed by atoms with E-state index in [1.54, 1.807) is 19.1 Å². The standard InChI is InChI=1S/C19H21N3O3/c1-13(17(23)11-14-7-3-2-4-8-14)20-18(24)12-22-16-10-6-5-9-15(16)21-19(22)25/h2-10,13,17,23H,11-12H2,1H3,(H,20,24)(H,21,25). The topological polar surface area (TPSA) is 87.1 Å². The van der Waals surface area contributed by atoms with Gasteiger partial charge < -0.3 is 15.4 Å². The number of imidazole rings is 1. The van der Waals surface area contributed by atoms with Crippen LogP contribution in [0.1, 0.15) is 12.5 Å². The Labute approximate surface area is 145 Å². The van der Waals surface area contributed by atoms with Crippen molar-refractivity contribution in [2.45, 2.75) is 32.0 Å². The maximum absolute atomic E-state index is 12.3. The second-order valence-corrected chi connectivity index (χ2v) is 6.15. The van der Waals surface area contributed by atoms with E-state index in [-0.39, 0.29) is 18.1 Å². The number of carbonyl (C=O) groups is 1. The molecular formula is C19H21N3O3. The average molecular weight is 339 g/mol. The number of H-pyrrole nitrogens is 1. The van der Waals surface area contributed by atoms with Crippen LogP contribution in [0.5, 0.6) is 0 Å². The zero-order valence-electron chi connectivity index (χ0n) is 14.0. The van der Waals surface area contributed by atoms with Crippen LogP contribution in [0.3, 0.4) is 0 Å². The fourth-order valence-corrected chi connectivity index (χ4v) is 2.84. The summed E-state index contributed by atoms with van der Waals surface area (Å²) in [5, 5.41) is 13.1. The van der Waals surface area contributed by atoms with Gasteiger partial charge in [-0.1, -0.05) is 42.5 Å². The summed E-state index contributed by atoms with van der Waals surface area (Å²) in [6, 6.07) is 16.4. The second kappa shape index (κ2) is 7.36. The fraction of sp³-hybridized carbons (Fsp3) is 0.263. The Kier molecular flexibility index (Phi) is 5.00. The number of aliphatic hydroxyl groups is 1. The largest absolute Gasteiger partial charge is 0.391 e. The molecule has 0 radical (unpaired) electrons. The maximum atomic E-state index is 12.3. The van der Waals surface area contributed by atoms with Gasteiger partial charge in [0, 0.05) is 6.42 Å². The van der Waals surface area contributed by atoms with Crippen LogP contribution in [0.25, 0.3) is 11.0 Å². The number of para-hydroxylation sites is 2. The molecule has 0 saturated heterocycles. The van der Waals surface area contributed by atoms with E-state index in [4.69, 9.17) is 0 Å². The Morgan fingerprint density at radius 2 is 1.84 bits per heavy atom. The van der Waals surface area contributed by atoms with Gasteiger partial charge in [0.15, 0.2) is 0 Å². The summed E-state index contributed by atoms with van der Waals surface area (Å²) in [7, 11) is 0. The van der Waals surface area contributed by atoms with E-state index in [0.29, 0.717) is 17.5 Å². The van der Waals surface area contributed by atoms with E-state index < -0.39 is 12.1 Å². The number of aliphatic hydroxyl groups excluding tert-OH is 1. The number of fused-ring (bicyclic) bond motifs is 1. The summed E-state index contributed by atoms with van der Waals surface area (Å²) in [4.78, 5) is 27.0. The number of hydrogen-bond donors (Lipinski definition) is 3. The predicted molar refractivity (Wildman–Crippen MR) is 96.3 cm³/mol. The number of hydrogen-bond acceptors (Lipinski definition) is 3. The van der Waals surface area contributed by atoms with Crippen LogP contribution < -0.4 is 11.0 Å². The number of nitrogens with one attached hydrogen (secondary N) is 2. The molecular weight excluding hydrogens is 318 g/mol. The van der Waals surface area contributed by atoms with Gasteiger partial charge >= 0.3 is 5.69 Å². The van der Waals surface area contributed by atoms with E-state index in [9.17, 15) is 14.7 Å². The van der Waals surface area contributed by atoms with Gasteiger partial charge in [-0.15, -0.1) is 0 Å². The summed E-state index contributed by atoms with van der Waals surface area (Å²) in [5.74, 6) is -0.313. The van der Waals surface area contributed by atoms with Crippen LogP contribution in [-0.2, 0) is 17.8 Å². The first kappa shape index (κ1) is 17.0. The highest BCUT2D eigenvalue weighted by Gasteiger charge is 2.18. The van der Waals surface area contributed by atoms with Crippen LogP contribution in [0.4, 0.5) is 0 Å². The molecule has 1 heterocycles. The van der Waals surface area contributed by atoms with Crippen molar-refractivity contribution >= 4 is 16.9 Å². The lowest BCUT2D eigenvalue weighted by Gasteiger charge is -2.20. The van der Waals surface area contributed by atoms with Crippen molar-refractivity contribution < 1.29 is 9.90 Å². The van der Waals surface area contributed by atoms with E-state index in [0.717, 1.165) is 5.56 Å². The Bertz CT molecular complexity index is 914. The molecule has 25 heavy (non-hydrogen) atoms. The summed E-state index contributed by atoms with van der Waals surface area (Å²) in [5.41, 5.74) is 2.05. The molecule has 0 aliphatic carbocycles. The van der Waals surface area contributed by atoms with E-state index in [1.165, 1.54) is 4.57 Å². The highest BCUT2D eigenvalue weighted by molar-refractivity contribution is 5.80. The third-order valence-corrected chi connectivity index (χ3v) is 4.24. The van der Waals surface area contributed by atoms with Crippen LogP contribution in [0.15, 0.2) is 59.4 Å². The highest BCUT2D eigenvalue weighted by atomic mass is 16.3. The molecule has 2 unspecified atom stereocenters. The van der Waals surface area contributed by atoms with Gasteiger partial charge in [-0.2, -0.15) is 0 Å². The van der Waals surface area contributed by atoms with E-state index in [2.05, 4.69) is 10.3 Å². The number of carbonyl (C=O) groups excluding carboxylic acids is 1. The van der Waals surface area contributed by atoms with Gasteiger partial charge in [-0.05, 0) is 24.6 Å². The van der Waals surface area contributed by atoms with Gasteiger partial charge in [0.05, 0.1) is 23.2 Å². The Morgan fingerprint density at radius 1 is 1.16 bits per heavy atom. The van der Waals surface area contributed by atoms with Crippen molar-refractivity contribution in [3.8, 4) is 0 Å². The lowest BCUT2D eigenvalue weighted by molar-refractivity contribution is -0.123. The molecule has 3 aromatic rings. The summed E-state index contributed by atoms with van der Waals surface area (Å²) >= 11 is 0. The number of benzene rings is 2. The van der Waals surface area contributed by atoms with Gasteiger partial charge in [0.25, 0.3) is 0 Å². The Morgan fingerprint density at radius 3 is 2.60 bits per heavy atom. The second-order valence-electron chi connectivity index (χ2n) is 6.15. The van der Waals surface area contributed by atoms with E-state index in [1.807, 2.05) is 42.5 Å². The van der Waals surface area contributed by atoms with Crippen molar-refractivity contribution in [2.24, 2.45) is 0 Å². The summed E-state index contributed by atoms with van der Waals surface area (Å²) in [6.07, 6.45) is -0.249. The number of aromatic amines is 1. The first-order chi connectivity index (χ1) is 12.0. The molecule has 6 heteroatoms. The number of aromatic nitrogens is 2. The molecule has 2 aromatic carbocycles. The summed E-state index contributed by atoms with van der Waals surface area (Å²) < 4.78 is 1.39. The van der Waals surface area contributed by atoms with Gasteiger partial charge in [0.1, 0.15) is 6.54 Å². The lowest BCUT2D eigenvalue weighted by atomic mass is 10.0. The first-order valence-electron chi connectivity index (χ1n) is 8.23. The highest BCUT2D eigenvalue weighted by Crippen LogP contribution is 2.09. The molecule has 3 N–H and O–H groups in total. The van der Waals surface area contributed by atoms with Gasteiger partial charge in [-0.3, -0.25) is 9.36 Å². The average Bonchev–Trinajstić information content (AvgIpc) is 2.91. The van der Waals surface area contributed by atoms with E-state index >= 15 is 0 Å². The van der Waals surface area contributed by atoms with Crippen molar-refractivity contribution in [1.82, 2.24) is 14.9 Å². The lowest BCUT2D eigenvalue weighted by Crippen LogP contribution is -2.44. The number of nitrogens with zero attached hydrogens (tertiary/aromatic N) is 1. The summed E-state index contributed by atoms with van der Waals surface area (Å²) in [6.45, 7) is 1.66. The SMILES string of the molecule is CC(NC(=O)Cn1c(=O)[nH]c2ccccc21)C(O)Cc1ccccc1. The zero-order chi connectivity index (χ0) is 17.8. The molecule has 0 fully saturated rings.